The molecule has 1 atom stereocenters. The first-order chi connectivity index (χ1) is 6.19. The number of rotatable bonds is 3. The summed E-state index contributed by atoms with van der Waals surface area (Å²) in [5, 5.41) is 27.0. The lowest BCUT2D eigenvalue weighted by Crippen LogP contribution is -1.99. The zero-order chi connectivity index (χ0) is 9.84. The topological polar surface area (TPSA) is 77.8 Å². The van der Waals surface area contributed by atoms with E-state index >= 15 is 0 Å². The Bertz CT molecular complexity index is 308. The Morgan fingerprint density at radius 3 is 2.69 bits per heavy atom. The van der Waals surface area contributed by atoms with Crippen molar-refractivity contribution in [1.29, 1.82) is 0 Å². The van der Waals surface area contributed by atoms with E-state index in [1.54, 1.807) is 0 Å². The third kappa shape index (κ3) is 2.05. The molecular weight excluding hydrogens is 172 g/mol. The molecular formula is C9H10O4. The fourth-order valence-corrected chi connectivity index (χ4v) is 0.995. The van der Waals surface area contributed by atoms with E-state index < -0.39 is 6.10 Å². The molecule has 0 saturated carbocycles. The average Bonchev–Trinajstić information content (AvgIpc) is 2.17. The molecule has 0 aromatic heterocycles. The second-order valence-corrected chi connectivity index (χ2v) is 2.63. The molecule has 0 aliphatic heterocycles. The van der Waals surface area contributed by atoms with Crippen molar-refractivity contribution < 1.29 is 20.1 Å². The zero-order valence-corrected chi connectivity index (χ0v) is 6.84. The summed E-state index contributed by atoms with van der Waals surface area (Å²) in [6, 6.07) is 4.13. The minimum atomic E-state index is -1.20. The van der Waals surface area contributed by atoms with Crippen LogP contribution in [0.15, 0.2) is 18.2 Å². The Morgan fingerprint density at radius 1 is 1.46 bits per heavy atom. The second-order valence-electron chi connectivity index (χ2n) is 2.63. The minimum absolute atomic E-state index is 0.0515. The predicted molar refractivity (Wildman–Crippen MR) is 45.1 cm³/mol. The van der Waals surface area contributed by atoms with Crippen LogP contribution < -0.4 is 0 Å². The number of hydrogen-bond donors (Lipinski definition) is 3. The van der Waals surface area contributed by atoms with Crippen LogP contribution in [-0.4, -0.2) is 21.6 Å². The SMILES string of the molecule is O=C[C@H](O)c1ccc(O)c(CO)c1. The summed E-state index contributed by atoms with van der Waals surface area (Å²) in [7, 11) is 0. The summed E-state index contributed by atoms with van der Waals surface area (Å²) < 4.78 is 0. The van der Waals surface area contributed by atoms with Crippen LogP contribution in [0.2, 0.25) is 0 Å². The van der Waals surface area contributed by atoms with Gasteiger partial charge in [-0.2, -0.15) is 0 Å². The quantitative estimate of drug-likeness (QED) is 0.580. The van der Waals surface area contributed by atoms with E-state index in [2.05, 4.69) is 0 Å². The van der Waals surface area contributed by atoms with E-state index in [-0.39, 0.29) is 12.4 Å². The molecule has 1 rings (SSSR count). The molecule has 0 heterocycles. The van der Waals surface area contributed by atoms with Gasteiger partial charge in [-0.3, -0.25) is 0 Å². The van der Waals surface area contributed by atoms with Crippen LogP contribution in [0.5, 0.6) is 5.75 Å². The molecule has 0 aliphatic rings. The third-order valence-corrected chi connectivity index (χ3v) is 1.74. The lowest BCUT2D eigenvalue weighted by atomic mass is 10.1. The van der Waals surface area contributed by atoms with Crippen LogP contribution in [0.4, 0.5) is 0 Å². The fraction of sp³-hybridized carbons (Fsp3) is 0.222. The number of hydrogen-bond acceptors (Lipinski definition) is 4. The molecule has 70 valence electrons. The summed E-state index contributed by atoms with van der Waals surface area (Å²) in [5.74, 6) is -0.0515. The Balaban J connectivity index is 3.05. The number of aliphatic hydroxyl groups excluding tert-OH is 2. The van der Waals surface area contributed by atoms with Crippen LogP contribution in [-0.2, 0) is 11.4 Å². The van der Waals surface area contributed by atoms with Gasteiger partial charge in [0.2, 0.25) is 0 Å². The van der Waals surface area contributed by atoms with Gasteiger partial charge in [-0.25, -0.2) is 0 Å². The monoisotopic (exact) mass is 182 g/mol. The molecule has 1 aromatic carbocycles. The summed E-state index contributed by atoms with van der Waals surface area (Å²) in [6.07, 6.45) is -0.820. The normalized spacial score (nSPS) is 12.5. The van der Waals surface area contributed by atoms with Crippen molar-refractivity contribution in [3.63, 3.8) is 0 Å². The van der Waals surface area contributed by atoms with Gasteiger partial charge >= 0.3 is 0 Å². The molecule has 0 amide bonds. The van der Waals surface area contributed by atoms with Crippen molar-refractivity contribution in [3.8, 4) is 5.75 Å². The Labute approximate surface area is 75.1 Å². The van der Waals surface area contributed by atoms with Crippen LogP contribution >= 0.6 is 0 Å². The maximum absolute atomic E-state index is 10.2. The highest BCUT2D eigenvalue weighted by Crippen LogP contribution is 2.21. The highest BCUT2D eigenvalue weighted by molar-refractivity contribution is 5.60. The van der Waals surface area contributed by atoms with Crippen LogP contribution in [0, 0.1) is 0 Å². The van der Waals surface area contributed by atoms with Gasteiger partial charge in [0.1, 0.15) is 11.9 Å². The fourth-order valence-electron chi connectivity index (χ4n) is 0.995. The molecule has 4 heteroatoms. The number of aliphatic hydroxyl groups is 2. The van der Waals surface area contributed by atoms with Crippen molar-refractivity contribution in [2.24, 2.45) is 0 Å². The Hall–Kier alpha value is -1.39. The van der Waals surface area contributed by atoms with Gasteiger partial charge in [-0.15, -0.1) is 0 Å². The first kappa shape index (κ1) is 9.70. The number of aromatic hydroxyl groups is 1. The summed E-state index contributed by atoms with van der Waals surface area (Å²) >= 11 is 0. The molecule has 4 nitrogen and oxygen atoms in total. The first-order valence-electron chi connectivity index (χ1n) is 3.75. The standard InChI is InChI=1S/C9H10O4/c10-4-7-3-6(9(13)5-11)1-2-8(7)12/h1-3,5,9-10,12-13H,4H2/t9-/m0/s1. The third-order valence-electron chi connectivity index (χ3n) is 1.74. The first-order valence-corrected chi connectivity index (χ1v) is 3.75. The maximum Gasteiger partial charge on any atom is 0.153 e. The summed E-state index contributed by atoms with van der Waals surface area (Å²) in [4.78, 5) is 10.2. The minimum Gasteiger partial charge on any atom is -0.508 e. The van der Waals surface area contributed by atoms with Gasteiger partial charge < -0.3 is 20.1 Å². The highest BCUT2D eigenvalue weighted by Gasteiger charge is 2.08. The van der Waals surface area contributed by atoms with Gasteiger partial charge in [0.05, 0.1) is 6.61 Å². The van der Waals surface area contributed by atoms with Crippen molar-refractivity contribution in [2.45, 2.75) is 12.7 Å². The van der Waals surface area contributed by atoms with E-state index in [0.717, 1.165) is 0 Å². The van der Waals surface area contributed by atoms with Gasteiger partial charge in [0.15, 0.2) is 6.29 Å². The molecule has 0 bridgehead atoms. The molecule has 13 heavy (non-hydrogen) atoms. The number of carbonyl (C=O) groups excluding carboxylic acids is 1. The van der Waals surface area contributed by atoms with Gasteiger partial charge in [0.25, 0.3) is 0 Å². The lowest BCUT2D eigenvalue weighted by Gasteiger charge is -2.06. The van der Waals surface area contributed by atoms with E-state index in [0.29, 0.717) is 17.4 Å². The predicted octanol–water partition coefficient (Wildman–Crippen LogP) is 0.117. The molecule has 1 aromatic rings. The molecule has 0 fully saturated rings. The summed E-state index contributed by atoms with van der Waals surface area (Å²) in [5.41, 5.74) is 0.648. The smallest absolute Gasteiger partial charge is 0.153 e. The molecule has 0 unspecified atom stereocenters. The van der Waals surface area contributed by atoms with E-state index in [4.69, 9.17) is 15.3 Å². The number of carbonyl (C=O) groups is 1. The maximum atomic E-state index is 10.2. The lowest BCUT2D eigenvalue weighted by molar-refractivity contribution is -0.115. The Kier molecular flexibility index (Phi) is 3.00. The molecule has 0 aliphatic carbocycles. The second kappa shape index (κ2) is 4.02. The number of aldehydes is 1. The zero-order valence-electron chi connectivity index (χ0n) is 6.84. The average molecular weight is 182 g/mol. The molecule has 0 saturated heterocycles. The van der Waals surface area contributed by atoms with Crippen LogP contribution in [0.1, 0.15) is 17.2 Å². The Morgan fingerprint density at radius 2 is 2.15 bits per heavy atom. The van der Waals surface area contributed by atoms with Gasteiger partial charge in [-0.1, -0.05) is 6.07 Å². The molecule has 3 N–H and O–H groups in total. The van der Waals surface area contributed by atoms with Crippen molar-refractivity contribution in [1.82, 2.24) is 0 Å². The van der Waals surface area contributed by atoms with Crippen LogP contribution in [0.25, 0.3) is 0 Å². The number of phenols is 1. The van der Waals surface area contributed by atoms with Crippen LogP contribution in [0.3, 0.4) is 0 Å². The van der Waals surface area contributed by atoms with Gasteiger partial charge in [0, 0.05) is 5.56 Å². The van der Waals surface area contributed by atoms with Gasteiger partial charge in [-0.05, 0) is 17.7 Å². The summed E-state index contributed by atoms with van der Waals surface area (Å²) in [6.45, 7) is -0.328. The van der Waals surface area contributed by atoms with E-state index in [1.807, 2.05) is 0 Å². The molecule has 0 spiro atoms. The largest absolute Gasteiger partial charge is 0.508 e. The number of benzene rings is 1. The highest BCUT2D eigenvalue weighted by atomic mass is 16.3. The van der Waals surface area contributed by atoms with Crippen molar-refractivity contribution in [3.05, 3.63) is 29.3 Å². The van der Waals surface area contributed by atoms with Crippen molar-refractivity contribution in [2.75, 3.05) is 0 Å². The van der Waals surface area contributed by atoms with E-state index in [9.17, 15) is 4.79 Å². The van der Waals surface area contributed by atoms with E-state index in [1.165, 1.54) is 18.2 Å². The van der Waals surface area contributed by atoms with Crippen molar-refractivity contribution >= 4 is 6.29 Å². The molecule has 0 radical (unpaired) electrons.